The molecular weight excluding hydrogens is 496 g/mol. The van der Waals surface area contributed by atoms with Gasteiger partial charge < -0.3 is 25.2 Å². The van der Waals surface area contributed by atoms with Crippen LogP contribution in [0.5, 0.6) is 0 Å². The molecule has 1 aromatic heterocycles. The Balaban J connectivity index is 1.59. The SMILES string of the molecule is COC(=O)C(C)(C)Cc1cc(C(CC(C)C)NC(=O)Cc2ccc(NC(=O)Nc3ccccc3C)cc2)no1. The molecule has 3 N–H and O–H groups in total. The van der Waals surface area contributed by atoms with Gasteiger partial charge in [0.2, 0.25) is 5.91 Å². The predicted octanol–water partition coefficient (Wildman–Crippen LogP) is 5.81. The second-order valence-corrected chi connectivity index (χ2v) is 10.8. The zero-order valence-electron chi connectivity index (χ0n) is 23.5. The molecule has 208 valence electrons. The number of nitrogens with one attached hydrogen (secondary N) is 3. The average molecular weight is 535 g/mol. The maximum atomic E-state index is 12.9. The number of aromatic nitrogens is 1. The van der Waals surface area contributed by atoms with E-state index in [2.05, 4.69) is 35.0 Å². The van der Waals surface area contributed by atoms with Crippen LogP contribution < -0.4 is 16.0 Å². The summed E-state index contributed by atoms with van der Waals surface area (Å²) in [5.74, 6) is 0.370. The number of urea groups is 1. The van der Waals surface area contributed by atoms with E-state index in [9.17, 15) is 14.4 Å². The Kier molecular flexibility index (Phi) is 9.87. The van der Waals surface area contributed by atoms with Crippen molar-refractivity contribution in [3.63, 3.8) is 0 Å². The third-order valence-corrected chi connectivity index (χ3v) is 6.30. The van der Waals surface area contributed by atoms with E-state index in [-0.39, 0.29) is 30.4 Å². The summed E-state index contributed by atoms with van der Waals surface area (Å²) < 4.78 is 10.4. The summed E-state index contributed by atoms with van der Waals surface area (Å²) in [6, 6.07) is 15.8. The van der Waals surface area contributed by atoms with E-state index in [1.54, 1.807) is 32.0 Å². The fraction of sp³-hybridized carbons (Fsp3) is 0.400. The van der Waals surface area contributed by atoms with Crippen molar-refractivity contribution in [2.75, 3.05) is 17.7 Å². The molecule has 0 aliphatic heterocycles. The largest absolute Gasteiger partial charge is 0.469 e. The summed E-state index contributed by atoms with van der Waals surface area (Å²) >= 11 is 0. The quantitative estimate of drug-likeness (QED) is 0.267. The molecule has 1 atom stereocenters. The number of hydrogen-bond donors (Lipinski definition) is 3. The third-order valence-electron chi connectivity index (χ3n) is 6.30. The summed E-state index contributed by atoms with van der Waals surface area (Å²) in [5.41, 5.74) is 2.99. The van der Waals surface area contributed by atoms with Gasteiger partial charge in [-0.25, -0.2) is 4.79 Å². The van der Waals surface area contributed by atoms with Crippen LogP contribution in [0.15, 0.2) is 59.1 Å². The van der Waals surface area contributed by atoms with Gasteiger partial charge in [0.05, 0.1) is 25.0 Å². The molecule has 9 heteroatoms. The minimum absolute atomic E-state index is 0.155. The minimum Gasteiger partial charge on any atom is -0.469 e. The highest BCUT2D eigenvalue weighted by Crippen LogP contribution is 2.27. The lowest BCUT2D eigenvalue weighted by Crippen LogP contribution is -2.31. The fourth-order valence-corrected chi connectivity index (χ4v) is 4.22. The van der Waals surface area contributed by atoms with Gasteiger partial charge in [0, 0.05) is 23.9 Å². The van der Waals surface area contributed by atoms with Crippen molar-refractivity contribution in [3.8, 4) is 0 Å². The first-order valence-corrected chi connectivity index (χ1v) is 13.0. The Labute approximate surface area is 229 Å². The molecule has 39 heavy (non-hydrogen) atoms. The van der Waals surface area contributed by atoms with Crippen molar-refractivity contribution in [3.05, 3.63) is 77.2 Å². The molecule has 0 saturated carbocycles. The zero-order valence-corrected chi connectivity index (χ0v) is 23.5. The van der Waals surface area contributed by atoms with Gasteiger partial charge in [0.25, 0.3) is 0 Å². The molecule has 3 rings (SSSR count). The van der Waals surface area contributed by atoms with Gasteiger partial charge in [-0.3, -0.25) is 9.59 Å². The maximum Gasteiger partial charge on any atom is 0.323 e. The first kappa shape index (κ1) is 29.4. The van der Waals surface area contributed by atoms with Crippen molar-refractivity contribution >= 4 is 29.3 Å². The number of para-hydroxylation sites is 1. The molecular formula is C30H38N4O5. The van der Waals surface area contributed by atoms with Crippen molar-refractivity contribution in [1.82, 2.24) is 10.5 Å². The van der Waals surface area contributed by atoms with E-state index in [0.29, 0.717) is 35.9 Å². The predicted molar refractivity (Wildman–Crippen MR) is 150 cm³/mol. The number of amides is 3. The Morgan fingerprint density at radius 2 is 1.72 bits per heavy atom. The molecule has 0 radical (unpaired) electrons. The molecule has 0 aliphatic carbocycles. The van der Waals surface area contributed by atoms with Gasteiger partial charge >= 0.3 is 12.0 Å². The van der Waals surface area contributed by atoms with Crippen LogP contribution in [0.1, 0.15) is 62.7 Å². The van der Waals surface area contributed by atoms with E-state index in [0.717, 1.165) is 16.8 Å². The van der Waals surface area contributed by atoms with Crippen LogP contribution in [-0.2, 0) is 27.2 Å². The smallest absolute Gasteiger partial charge is 0.323 e. The van der Waals surface area contributed by atoms with Gasteiger partial charge in [-0.05, 0) is 62.4 Å². The molecule has 1 unspecified atom stereocenters. The standard InChI is InChI=1S/C30H38N4O5/c1-19(2)15-25(26-17-23(39-34-26)18-30(4,5)28(36)38-6)32-27(35)16-21-11-13-22(14-12-21)31-29(37)33-24-10-8-7-9-20(24)3/h7-14,17,19,25H,15-16,18H2,1-6H3,(H,32,35)(H2,31,33,37). The number of hydrogen-bond acceptors (Lipinski definition) is 6. The van der Waals surface area contributed by atoms with Gasteiger partial charge in [0.15, 0.2) is 0 Å². The Morgan fingerprint density at radius 1 is 1.03 bits per heavy atom. The molecule has 2 aromatic carbocycles. The molecule has 9 nitrogen and oxygen atoms in total. The van der Waals surface area contributed by atoms with Gasteiger partial charge in [-0.2, -0.15) is 0 Å². The van der Waals surface area contributed by atoms with E-state index in [4.69, 9.17) is 9.26 Å². The number of ether oxygens (including phenoxy) is 1. The van der Waals surface area contributed by atoms with Crippen molar-refractivity contribution in [2.45, 2.75) is 59.9 Å². The zero-order chi connectivity index (χ0) is 28.6. The number of aryl methyl sites for hydroxylation is 1. The highest BCUT2D eigenvalue weighted by molar-refractivity contribution is 6.00. The lowest BCUT2D eigenvalue weighted by Gasteiger charge is -2.19. The number of carbonyl (C=O) groups excluding carboxylic acids is 3. The summed E-state index contributed by atoms with van der Waals surface area (Å²) in [4.78, 5) is 37.3. The van der Waals surface area contributed by atoms with Crippen molar-refractivity contribution in [1.29, 1.82) is 0 Å². The lowest BCUT2D eigenvalue weighted by atomic mass is 9.88. The summed E-state index contributed by atoms with van der Waals surface area (Å²) in [5, 5.41) is 12.9. The molecule has 0 spiro atoms. The van der Waals surface area contributed by atoms with Crippen LogP contribution in [-0.4, -0.2) is 30.2 Å². The molecule has 0 fully saturated rings. The summed E-state index contributed by atoms with van der Waals surface area (Å²) in [7, 11) is 1.36. The normalized spacial score (nSPS) is 12.1. The van der Waals surface area contributed by atoms with Crippen LogP contribution in [0.2, 0.25) is 0 Å². The summed E-state index contributed by atoms with van der Waals surface area (Å²) in [6.07, 6.45) is 1.18. The molecule has 0 bridgehead atoms. The Bertz CT molecular complexity index is 1280. The van der Waals surface area contributed by atoms with Gasteiger partial charge in [-0.1, -0.05) is 49.3 Å². The number of nitrogens with zero attached hydrogens (tertiary/aromatic N) is 1. The second kappa shape index (κ2) is 13.1. The molecule has 0 saturated heterocycles. The number of carbonyl (C=O) groups is 3. The van der Waals surface area contributed by atoms with Crippen LogP contribution >= 0.6 is 0 Å². The first-order valence-electron chi connectivity index (χ1n) is 13.0. The molecule has 0 aliphatic rings. The number of methoxy groups -OCH3 is 1. The van der Waals surface area contributed by atoms with Gasteiger partial charge in [0.1, 0.15) is 11.5 Å². The maximum absolute atomic E-state index is 12.9. The highest BCUT2D eigenvalue weighted by Gasteiger charge is 2.31. The first-order chi connectivity index (χ1) is 18.5. The lowest BCUT2D eigenvalue weighted by molar-refractivity contribution is -0.150. The van der Waals surface area contributed by atoms with Crippen molar-refractivity contribution < 1.29 is 23.6 Å². The van der Waals surface area contributed by atoms with Crippen LogP contribution in [0.4, 0.5) is 16.2 Å². The van der Waals surface area contributed by atoms with E-state index < -0.39 is 5.41 Å². The molecule has 3 amide bonds. The fourth-order valence-electron chi connectivity index (χ4n) is 4.22. The number of esters is 1. The number of anilines is 2. The van der Waals surface area contributed by atoms with Crippen LogP contribution in [0.25, 0.3) is 0 Å². The molecule has 3 aromatic rings. The van der Waals surface area contributed by atoms with E-state index >= 15 is 0 Å². The minimum atomic E-state index is -0.759. The number of benzene rings is 2. The Hall–Kier alpha value is -4.14. The molecule has 1 heterocycles. The summed E-state index contributed by atoms with van der Waals surface area (Å²) in [6.45, 7) is 9.63. The number of rotatable bonds is 11. The van der Waals surface area contributed by atoms with Crippen molar-refractivity contribution in [2.24, 2.45) is 11.3 Å². The van der Waals surface area contributed by atoms with E-state index in [1.807, 2.05) is 43.3 Å². The topological polar surface area (TPSA) is 123 Å². The monoisotopic (exact) mass is 534 g/mol. The Morgan fingerprint density at radius 3 is 2.36 bits per heavy atom. The second-order valence-electron chi connectivity index (χ2n) is 10.8. The van der Waals surface area contributed by atoms with Crippen LogP contribution in [0, 0.1) is 18.3 Å². The third kappa shape index (κ3) is 8.70. The van der Waals surface area contributed by atoms with Crippen LogP contribution in [0.3, 0.4) is 0 Å². The highest BCUT2D eigenvalue weighted by atomic mass is 16.5. The average Bonchev–Trinajstić information content (AvgIpc) is 3.33. The van der Waals surface area contributed by atoms with E-state index in [1.165, 1.54) is 7.11 Å². The van der Waals surface area contributed by atoms with Gasteiger partial charge in [-0.15, -0.1) is 0 Å².